The Morgan fingerprint density at radius 1 is 0.613 bits per heavy atom. The second-order valence-electron chi connectivity index (χ2n) is 7.32. The van der Waals surface area contributed by atoms with E-state index >= 15 is 0 Å². The van der Waals surface area contributed by atoms with Crippen molar-refractivity contribution in [1.82, 2.24) is 0 Å². The highest BCUT2D eigenvalue weighted by Crippen LogP contribution is 2.31. The Balaban J connectivity index is 1.42. The first-order valence-electron chi connectivity index (χ1n) is 9.94. The van der Waals surface area contributed by atoms with Crippen molar-refractivity contribution in [1.29, 1.82) is 0 Å². The molecule has 5 heteroatoms. The fraction of sp³-hybridized carbons (Fsp3) is 0.0769. The van der Waals surface area contributed by atoms with Crippen LogP contribution in [0.15, 0.2) is 91.0 Å². The van der Waals surface area contributed by atoms with E-state index in [4.69, 9.17) is 32.5 Å². The Hall–Kier alpha value is -3.63. The fourth-order valence-electron chi connectivity index (χ4n) is 3.22. The predicted octanol–water partition coefficient (Wildman–Crippen LogP) is 7.24. The first-order valence-corrected chi connectivity index (χ1v) is 10.3. The standard InChI is InChI=1S/C26H23ClN2O2/c1-17(18-2-8-21(9-3-18)30-23-12-6-20(28)7-13-23)19-4-10-22(11-5-19)31-24-14-15-26(29)25(27)16-24/h2-17H,28-29H2,1H3. The smallest absolute Gasteiger partial charge is 0.129 e. The molecule has 1 atom stereocenters. The summed E-state index contributed by atoms with van der Waals surface area (Å²) in [6.07, 6.45) is 0. The van der Waals surface area contributed by atoms with Crippen molar-refractivity contribution in [2.75, 3.05) is 11.5 Å². The van der Waals surface area contributed by atoms with Crippen molar-refractivity contribution in [3.8, 4) is 23.0 Å². The molecule has 0 heterocycles. The Labute approximate surface area is 187 Å². The summed E-state index contributed by atoms with van der Waals surface area (Å²) in [5.74, 6) is 3.16. The van der Waals surface area contributed by atoms with E-state index in [-0.39, 0.29) is 5.92 Å². The molecule has 1 unspecified atom stereocenters. The number of anilines is 2. The maximum Gasteiger partial charge on any atom is 0.129 e. The highest BCUT2D eigenvalue weighted by Gasteiger charge is 2.10. The number of hydrogen-bond donors (Lipinski definition) is 2. The van der Waals surface area contributed by atoms with Gasteiger partial charge in [0.05, 0.1) is 10.7 Å². The molecule has 0 saturated carbocycles. The van der Waals surface area contributed by atoms with Gasteiger partial charge in [-0.25, -0.2) is 0 Å². The SMILES string of the molecule is CC(c1ccc(Oc2ccc(N)cc2)cc1)c1ccc(Oc2ccc(N)c(Cl)c2)cc1. The molecule has 0 amide bonds. The van der Waals surface area contributed by atoms with Crippen LogP contribution in [0.2, 0.25) is 5.02 Å². The minimum atomic E-state index is 0.227. The van der Waals surface area contributed by atoms with Crippen LogP contribution >= 0.6 is 11.6 Å². The highest BCUT2D eigenvalue weighted by molar-refractivity contribution is 6.33. The molecule has 0 saturated heterocycles. The van der Waals surface area contributed by atoms with Crippen LogP contribution in [0.5, 0.6) is 23.0 Å². The Morgan fingerprint density at radius 3 is 1.52 bits per heavy atom. The van der Waals surface area contributed by atoms with Gasteiger partial charge < -0.3 is 20.9 Å². The van der Waals surface area contributed by atoms with Crippen LogP contribution in [-0.2, 0) is 0 Å². The average molecular weight is 431 g/mol. The maximum atomic E-state index is 6.06. The lowest BCUT2D eigenvalue weighted by Gasteiger charge is -2.14. The van der Waals surface area contributed by atoms with E-state index in [0.29, 0.717) is 22.1 Å². The van der Waals surface area contributed by atoms with Gasteiger partial charge in [-0.3, -0.25) is 0 Å². The van der Waals surface area contributed by atoms with Crippen molar-refractivity contribution in [3.05, 3.63) is 107 Å². The van der Waals surface area contributed by atoms with Gasteiger partial charge in [0.1, 0.15) is 23.0 Å². The molecule has 0 bridgehead atoms. The van der Waals surface area contributed by atoms with Crippen LogP contribution in [0.25, 0.3) is 0 Å². The summed E-state index contributed by atoms with van der Waals surface area (Å²) in [6.45, 7) is 2.17. The quantitative estimate of drug-likeness (QED) is 0.316. The molecule has 4 nitrogen and oxygen atoms in total. The lowest BCUT2D eigenvalue weighted by atomic mass is 9.93. The molecule has 0 radical (unpaired) electrons. The van der Waals surface area contributed by atoms with Crippen LogP contribution in [-0.4, -0.2) is 0 Å². The topological polar surface area (TPSA) is 70.5 Å². The molecule has 4 aromatic carbocycles. The molecule has 31 heavy (non-hydrogen) atoms. The number of rotatable bonds is 6. The van der Waals surface area contributed by atoms with Crippen molar-refractivity contribution in [2.24, 2.45) is 0 Å². The first kappa shape index (κ1) is 20.6. The summed E-state index contributed by atoms with van der Waals surface area (Å²) in [5.41, 5.74) is 15.1. The molecular weight excluding hydrogens is 408 g/mol. The zero-order valence-electron chi connectivity index (χ0n) is 17.1. The molecule has 4 N–H and O–H groups in total. The summed E-state index contributed by atoms with van der Waals surface area (Å²) in [7, 11) is 0. The second-order valence-corrected chi connectivity index (χ2v) is 7.72. The van der Waals surface area contributed by atoms with E-state index in [9.17, 15) is 0 Å². The number of hydrogen-bond acceptors (Lipinski definition) is 4. The summed E-state index contributed by atoms with van der Waals surface area (Å²) in [4.78, 5) is 0. The fourth-order valence-corrected chi connectivity index (χ4v) is 3.39. The van der Waals surface area contributed by atoms with Gasteiger partial charge in [-0.15, -0.1) is 0 Å². The summed E-state index contributed by atoms with van der Waals surface area (Å²) < 4.78 is 11.7. The molecule has 0 aliphatic heterocycles. The largest absolute Gasteiger partial charge is 0.457 e. The van der Waals surface area contributed by atoms with E-state index in [1.54, 1.807) is 18.2 Å². The summed E-state index contributed by atoms with van der Waals surface area (Å²) in [6, 6.07) is 28.7. The Bertz CT molecular complexity index is 1160. The van der Waals surface area contributed by atoms with Crippen molar-refractivity contribution < 1.29 is 9.47 Å². The molecule has 0 fully saturated rings. The Kier molecular flexibility index (Phi) is 6.01. The molecule has 0 aliphatic rings. The van der Waals surface area contributed by atoms with Crippen LogP contribution in [0.4, 0.5) is 11.4 Å². The molecule has 0 spiro atoms. The van der Waals surface area contributed by atoms with E-state index in [0.717, 1.165) is 17.2 Å². The van der Waals surface area contributed by atoms with Crippen LogP contribution in [0.3, 0.4) is 0 Å². The minimum absolute atomic E-state index is 0.227. The molecular formula is C26H23ClN2O2. The Morgan fingerprint density at radius 2 is 1.03 bits per heavy atom. The van der Waals surface area contributed by atoms with Gasteiger partial charge in [-0.2, -0.15) is 0 Å². The minimum Gasteiger partial charge on any atom is -0.457 e. The van der Waals surface area contributed by atoms with E-state index in [1.807, 2.05) is 48.5 Å². The first-order chi connectivity index (χ1) is 15.0. The monoisotopic (exact) mass is 430 g/mol. The van der Waals surface area contributed by atoms with Gasteiger partial charge in [0.15, 0.2) is 0 Å². The van der Waals surface area contributed by atoms with Gasteiger partial charge in [0.2, 0.25) is 0 Å². The van der Waals surface area contributed by atoms with Gasteiger partial charge >= 0.3 is 0 Å². The highest BCUT2D eigenvalue weighted by atomic mass is 35.5. The van der Waals surface area contributed by atoms with Crippen molar-refractivity contribution in [3.63, 3.8) is 0 Å². The molecule has 4 aromatic rings. The average Bonchev–Trinajstić information content (AvgIpc) is 2.78. The summed E-state index contributed by atoms with van der Waals surface area (Å²) >= 11 is 6.06. The van der Waals surface area contributed by atoms with Gasteiger partial charge in [-0.05, 0) is 71.8 Å². The van der Waals surface area contributed by atoms with Gasteiger partial charge in [0.25, 0.3) is 0 Å². The van der Waals surface area contributed by atoms with E-state index < -0.39 is 0 Å². The van der Waals surface area contributed by atoms with Crippen molar-refractivity contribution in [2.45, 2.75) is 12.8 Å². The molecule has 156 valence electrons. The van der Waals surface area contributed by atoms with Crippen LogP contribution in [0, 0.1) is 0 Å². The lowest BCUT2D eigenvalue weighted by Crippen LogP contribution is -1.96. The normalized spacial score (nSPS) is 11.7. The number of nitrogen functional groups attached to an aromatic ring is 2. The zero-order chi connectivity index (χ0) is 21.8. The molecule has 4 rings (SSSR count). The van der Waals surface area contributed by atoms with Crippen LogP contribution < -0.4 is 20.9 Å². The third-order valence-corrected chi connectivity index (χ3v) is 5.41. The number of nitrogens with two attached hydrogens (primary N) is 2. The maximum absolute atomic E-state index is 6.06. The number of benzene rings is 4. The predicted molar refractivity (Wildman–Crippen MR) is 127 cm³/mol. The molecule has 0 aromatic heterocycles. The van der Waals surface area contributed by atoms with E-state index in [2.05, 4.69) is 31.2 Å². The zero-order valence-corrected chi connectivity index (χ0v) is 17.8. The third kappa shape index (κ3) is 5.11. The number of halogens is 1. The van der Waals surface area contributed by atoms with Crippen LogP contribution in [0.1, 0.15) is 24.0 Å². The third-order valence-electron chi connectivity index (χ3n) is 5.08. The molecule has 0 aliphatic carbocycles. The summed E-state index contributed by atoms with van der Waals surface area (Å²) in [5, 5.41) is 0.478. The van der Waals surface area contributed by atoms with Crippen molar-refractivity contribution >= 4 is 23.0 Å². The lowest BCUT2D eigenvalue weighted by molar-refractivity contribution is 0.482. The van der Waals surface area contributed by atoms with Gasteiger partial charge in [-0.1, -0.05) is 42.8 Å². The van der Waals surface area contributed by atoms with E-state index in [1.165, 1.54) is 11.1 Å². The number of ether oxygens (including phenoxy) is 2. The van der Waals surface area contributed by atoms with Gasteiger partial charge in [0, 0.05) is 17.7 Å². The second kappa shape index (κ2) is 9.02.